The molecule has 1 amide bonds. The van der Waals surface area contributed by atoms with Crippen molar-refractivity contribution in [2.75, 3.05) is 5.32 Å². The van der Waals surface area contributed by atoms with Crippen LogP contribution in [0, 0.1) is 0 Å². The molecule has 0 unspecified atom stereocenters. The fourth-order valence-electron chi connectivity index (χ4n) is 2.42. The summed E-state index contributed by atoms with van der Waals surface area (Å²) in [7, 11) is 0. The van der Waals surface area contributed by atoms with Gasteiger partial charge in [0.1, 0.15) is 0 Å². The number of oxazole rings is 1. The average Bonchev–Trinajstić information content (AvgIpc) is 3.07. The Morgan fingerprint density at radius 1 is 0.958 bits per heavy atom. The van der Waals surface area contributed by atoms with Crippen molar-refractivity contribution >= 4 is 22.8 Å². The molecule has 4 rings (SSSR count). The maximum atomic E-state index is 12.2. The van der Waals surface area contributed by atoms with Gasteiger partial charge in [0, 0.05) is 23.0 Å². The largest absolute Gasteiger partial charge is 0.434 e. The molecule has 0 saturated heterocycles. The molecule has 0 atom stereocenters. The van der Waals surface area contributed by atoms with E-state index in [0.29, 0.717) is 28.4 Å². The topological polar surface area (TPSA) is 68.0 Å². The van der Waals surface area contributed by atoms with Gasteiger partial charge < -0.3 is 9.73 Å². The van der Waals surface area contributed by atoms with E-state index in [4.69, 9.17) is 4.42 Å². The standard InChI is InChI=1S/C19H13N3O2/c23-18(13-6-2-1-3-7-13)21-15-9-4-8-14(12-15)19-22-17-16(24-19)10-5-11-20-17/h1-12H,(H,21,23). The zero-order valence-electron chi connectivity index (χ0n) is 12.6. The summed E-state index contributed by atoms with van der Waals surface area (Å²) in [6.07, 6.45) is 1.67. The molecule has 0 aliphatic heterocycles. The summed E-state index contributed by atoms with van der Waals surface area (Å²) in [4.78, 5) is 20.8. The lowest BCUT2D eigenvalue weighted by Gasteiger charge is -2.06. The molecular weight excluding hydrogens is 302 g/mol. The minimum Gasteiger partial charge on any atom is -0.434 e. The van der Waals surface area contributed by atoms with Crippen LogP contribution in [-0.2, 0) is 0 Å². The number of nitrogens with one attached hydrogen (secondary N) is 1. The second-order valence-electron chi connectivity index (χ2n) is 5.25. The van der Waals surface area contributed by atoms with Crippen LogP contribution in [0.25, 0.3) is 22.7 Å². The van der Waals surface area contributed by atoms with Crippen molar-refractivity contribution in [1.82, 2.24) is 9.97 Å². The van der Waals surface area contributed by atoms with Crippen molar-refractivity contribution in [2.24, 2.45) is 0 Å². The number of fused-ring (bicyclic) bond motifs is 1. The van der Waals surface area contributed by atoms with Gasteiger partial charge in [-0.15, -0.1) is 0 Å². The normalized spacial score (nSPS) is 10.7. The molecular formula is C19H13N3O2. The highest BCUT2D eigenvalue weighted by atomic mass is 16.3. The summed E-state index contributed by atoms with van der Waals surface area (Å²) in [5, 5.41) is 2.88. The quantitative estimate of drug-likeness (QED) is 0.617. The van der Waals surface area contributed by atoms with Crippen LogP contribution in [0.3, 0.4) is 0 Å². The van der Waals surface area contributed by atoms with Gasteiger partial charge in [-0.1, -0.05) is 24.3 Å². The molecule has 2 heterocycles. The Bertz CT molecular complexity index is 976. The Morgan fingerprint density at radius 2 is 1.83 bits per heavy atom. The van der Waals surface area contributed by atoms with Crippen molar-refractivity contribution < 1.29 is 9.21 Å². The van der Waals surface area contributed by atoms with Gasteiger partial charge in [-0.25, -0.2) is 4.98 Å². The van der Waals surface area contributed by atoms with Gasteiger partial charge in [0.2, 0.25) is 5.89 Å². The molecule has 0 spiro atoms. The zero-order valence-corrected chi connectivity index (χ0v) is 12.6. The first-order chi connectivity index (χ1) is 11.8. The summed E-state index contributed by atoms with van der Waals surface area (Å²) < 4.78 is 5.71. The van der Waals surface area contributed by atoms with Crippen molar-refractivity contribution in [3.63, 3.8) is 0 Å². The van der Waals surface area contributed by atoms with Crippen molar-refractivity contribution in [2.45, 2.75) is 0 Å². The molecule has 2 aromatic heterocycles. The first-order valence-corrected chi connectivity index (χ1v) is 7.48. The Kier molecular flexibility index (Phi) is 3.51. The minimum absolute atomic E-state index is 0.160. The molecule has 5 nitrogen and oxygen atoms in total. The SMILES string of the molecule is O=C(Nc1cccc(-c2nc3ncccc3o2)c1)c1ccccc1. The maximum absolute atomic E-state index is 12.2. The summed E-state index contributed by atoms with van der Waals surface area (Å²) >= 11 is 0. The monoisotopic (exact) mass is 315 g/mol. The Hall–Kier alpha value is -3.47. The van der Waals surface area contributed by atoms with Gasteiger partial charge in [-0.3, -0.25) is 4.79 Å². The predicted molar refractivity (Wildman–Crippen MR) is 91.6 cm³/mol. The van der Waals surface area contributed by atoms with Crippen molar-refractivity contribution in [1.29, 1.82) is 0 Å². The van der Waals surface area contributed by atoms with E-state index in [1.807, 2.05) is 48.5 Å². The molecule has 0 bridgehead atoms. The van der Waals surface area contributed by atoms with Crippen LogP contribution >= 0.6 is 0 Å². The van der Waals surface area contributed by atoms with Crippen LogP contribution in [0.4, 0.5) is 5.69 Å². The van der Waals surface area contributed by atoms with Crippen LogP contribution in [0.2, 0.25) is 0 Å². The number of carbonyl (C=O) groups excluding carboxylic acids is 1. The number of anilines is 1. The molecule has 1 N–H and O–H groups in total. The molecule has 0 aliphatic carbocycles. The molecule has 116 valence electrons. The van der Waals surface area contributed by atoms with Gasteiger partial charge >= 0.3 is 0 Å². The van der Waals surface area contributed by atoms with Crippen LogP contribution in [0.15, 0.2) is 77.3 Å². The lowest BCUT2D eigenvalue weighted by atomic mass is 10.1. The number of pyridine rings is 1. The number of aromatic nitrogens is 2. The molecule has 4 aromatic rings. The lowest BCUT2D eigenvalue weighted by Crippen LogP contribution is -2.11. The van der Waals surface area contributed by atoms with E-state index < -0.39 is 0 Å². The molecule has 0 saturated carbocycles. The predicted octanol–water partition coefficient (Wildman–Crippen LogP) is 4.14. The maximum Gasteiger partial charge on any atom is 0.255 e. The van der Waals surface area contributed by atoms with Crippen LogP contribution in [0.1, 0.15) is 10.4 Å². The Morgan fingerprint density at radius 3 is 2.67 bits per heavy atom. The molecule has 0 radical (unpaired) electrons. The van der Waals surface area contributed by atoms with E-state index in [9.17, 15) is 4.79 Å². The van der Waals surface area contributed by atoms with E-state index in [1.165, 1.54) is 0 Å². The van der Waals surface area contributed by atoms with E-state index in [2.05, 4.69) is 15.3 Å². The Labute approximate surface area is 138 Å². The number of benzene rings is 2. The fourth-order valence-corrected chi connectivity index (χ4v) is 2.42. The van der Waals surface area contributed by atoms with Crippen molar-refractivity contribution in [3.05, 3.63) is 78.5 Å². The van der Waals surface area contributed by atoms with Gasteiger partial charge in [-0.2, -0.15) is 4.98 Å². The van der Waals surface area contributed by atoms with E-state index >= 15 is 0 Å². The van der Waals surface area contributed by atoms with E-state index in [1.54, 1.807) is 24.4 Å². The third kappa shape index (κ3) is 2.75. The van der Waals surface area contributed by atoms with Crippen LogP contribution in [-0.4, -0.2) is 15.9 Å². The van der Waals surface area contributed by atoms with Gasteiger partial charge in [-0.05, 0) is 42.5 Å². The number of nitrogens with zero attached hydrogens (tertiary/aromatic N) is 2. The number of amides is 1. The van der Waals surface area contributed by atoms with Crippen LogP contribution < -0.4 is 5.32 Å². The van der Waals surface area contributed by atoms with Crippen LogP contribution in [0.5, 0.6) is 0 Å². The third-order valence-electron chi connectivity index (χ3n) is 3.57. The first kappa shape index (κ1) is 14.1. The minimum atomic E-state index is -0.160. The summed E-state index contributed by atoms with van der Waals surface area (Å²) in [6, 6.07) is 20.1. The smallest absolute Gasteiger partial charge is 0.255 e. The third-order valence-corrected chi connectivity index (χ3v) is 3.57. The van der Waals surface area contributed by atoms with Gasteiger partial charge in [0.05, 0.1) is 0 Å². The summed E-state index contributed by atoms with van der Waals surface area (Å²) in [6.45, 7) is 0. The lowest BCUT2D eigenvalue weighted by molar-refractivity contribution is 0.102. The average molecular weight is 315 g/mol. The summed E-state index contributed by atoms with van der Waals surface area (Å²) in [5.41, 5.74) is 3.25. The molecule has 0 aliphatic rings. The highest BCUT2D eigenvalue weighted by molar-refractivity contribution is 6.04. The first-order valence-electron chi connectivity index (χ1n) is 7.48. The Balaban J connectivity index is 1.63. The van der Waals surface area contributed by atoms with Crippen molar-refractivity contribution in [3.8, 4) is 11.5 Å². The second-order valence-corrected chi connectivity index (χ2v) is 5.25. The highest BCUT2D eigenvalue weighted by Crippen LogP contribution is 2.25. The fraction of sp³-hybridized carbons (Fsp3) is 0. The highest BCUT2D eigenvalue weighted by Gasteiger charge is 2.10. The van der Waals surface area contributed by atoms with E-state index in [-0.39, 0.29) is 5.91 Å². The zero-order chi connectivity index (χ0) is 16.4. The number of hydrogen-bond acceptors (Lipinski definition) is 4. The molecule has 24 heavy (non-hydrogen) atoms. The van der Waals surface area contributed by atoms with Gasteiger partial charge in [0.15, 0.2) is 11.2 Å². The molecule has 5 heteroatoms. The number of hydrogen-bond donors (Lipinski definition) is 1. The second kappa shape index (κ2) is 5.96. The molecule has 0 fully saturated rings. The summed E-state index contributed by atoms with van der Waals surface area (Å²) in [5.74, 6) is 0.312. The number of rotatable bonds is 3. The molecule has 2 aromatic carbocycles. The number of carbonyl (C=O) groups is 1. The van der Waals surface area contributed by atoms with Gasteiger partial charge in [0.25, 0.3) is 5.91 Å². The van der Waals surface area contributed by atoms with E-state index in [0.717, 1.165) is 5.56 Å².